The van der Waals surface area contributed by atoms with Crippen LogP contribution in [-0.4, -0.2) is 6.36 Å². The van der Waals surface area contributed by atoms with Crippen LogP contribution in [0, 0.1) is 13.8 Å². The Balaban J connectivity index is 2.51. The Morgan fingerprint density at radius 2 is 1.70 bits per heavy atom. The number of hydrogen-bond acceptors (Lipinski definition) is 2. The minimum atomic E-state index is -4.71. The first-order valence-electron chi connectivity index (χ1n) is 6.00. The van der Waals surface area contributed by atoms with Crippen LogP contribution < -0.4 is 10.5 Å². The number of nitrogen functional groups attached to an aromatic ring is 1. The van der Waals surface area contributed by atoms with E-state index in [9.17, 15) is 13.2 Å². The molecule has 2 aromatic rings. The van der Waals surface area contributed by atoms with Crippen molar-refractivity contribution in [3.8, 4) is 16.9 Å². The van der Waals surface area contributed by atoms with Gasteiger partial charge in [-0.25, -0.2) is 0 Å². The lowest BCUT2D eigenvalue weighted by Crippen LogP contribution is -2.17. The van der Waals surface area contributed by atoms with E-state index in [0.717, 1.165) is 16.7 Å². The number of rotatable bonds is 2. The van der Waals surface area contributed by atoms with Crippen molar-refractivity contribution in [2.24, 2.45) is 0 Å². The standard InChI is InChI=1S/C15H14F3NO/c1-9-4-3-5-12(10(9)2)13-8-11(6-7-14(13)19)20-15(16,17)18/h3-8H,19H2,1-2H3. The Bertz CT molecular complexity index is 636. The second-order valence-corrected chi connectivity index (χ2v) is 4.54. The minimum Gasteiger partial charge on any atom is -0.406 e. The van der Waals surface area contributed by atoms with Crippen molar-refractivity contribution in [1.82, 2.24) is 0 Å². The molecule has 0 radical (unpaired) electrons. The van der Waals surface area contributed by atoms with Crippen LogP contribution in [0.1, 0.15) is 11.1 Å². The lowest BCUT2D eigenvalue weighted by molar-refractivity contribution is -0.274. The third-order valence-electron chi connectivity index (χ3n) is 3.15. The summed E-state index contributed by atoms with van der Waals surface area (Å²) in [5.41, 5.74) is 9.63. The second-order valence-electron chi connectivity index (χ2n) is 4.54. The topological polar surface area (TPSA) is 35.2 Å². The van der Waals surface area contributed by atoms with Gasteiger partial charge in [0.05, 0.1) is 0 Å². The predicted octanol–water partition coefficient (Wildman–Crippen LogP) is 4.45. The van der Waals surface area contributed by atoms with E-state index in [1.165, 1.54) is 18.2 Å². The summed E-state index contributed by atoms with van der Waals surface area (Å²) in [6, 6.07) is 9.53. The molecule has 2 nitrogen and oxygen atoms in total. The molecule has 0 aliphatic rings. The number of aryl methyl sites for hydroxylation is 1. The zero-order valence-electron chi connectivity index (χ0n) is 11.1. The van der Waals surface area contributed by atoms with Crippen LogP contribution in [0.5, 0.6) is 5.75 Å². The highest BCUT2D eigenvalue weighted by atomic mass is 19.4. The highest BCUT2D eigenvalue weighted by Gasteiger charge is 2.31. The zero-order valence-corrected chi connectivity index (χ0v) is 11.1. The van der Waals surface area contributed by atoms with Crippen molar-refractivity contribution < 1.29 is 17.9 Å². The van der Waals surface area contributed by atoms with Crippen molar-refractivity contribution in [1.29, 1.82) is 0 Å². The summed E-state index contributed by atoms with van der Waals surface area (Å²) in [6.45, 7) is 3.84. The van der Waals surface area contributed by atoms with Gasteiger partial charge in [0.2, 0.25) is 0 Å². The lowest BCUT2D eigenvalue weighted by atomic mass is 9.96. The molecule has 20 heavy (non-hydrogen) atoms. The molecule has 0 aromatic heterocycles. The third-order valence-corrected chi connectivity index (χ3v) is 3.15. The molecule has 0 amide bonds. The number of anilines is 1. The molecule has 0 aliphatic heterocycles. The van der Waals surface area contributed by atoms with Gasteiger partial charge < -0.3 is 10.5 Å². The summed E-state index contributed by atoms with van der Waals surface area (Å²) in [4.78, 5) is 0. The predicted molar refractivity (Wildman–Crippen MR) is 72.4 cm³/mol. The molecular formula is C15H14F3NO. The van der Waals surface area contributed by atoms with E-state index in [-0.39, 0.29) is 5.75 Å². The van der Waals surface area contributed by atoms with Gasteiger partial charge in [-0.3, -0.25) is 0 Å². The first kappa shape index (κ1) is 14.2. The summed E-state index contributed by atoms with van der Waals surface area (Å²) in [6.07, 6.45) is -4.71. The second kappa shape index (κ2) is 5.07. The molecular weight excluding hydrogens is 267 g/mol. The molecule has 0 saturated heterocycles. The average molecular weight is 281 g/mol. The van der Waals surface area contributed by atoms with Crippen LogP contribution in [0.15, 0.2) is 36.4 Å². The first-order chi connectivity index (χ1) is 9.28. The molecule has 0 heterocycles. The van der Waals surface area contributed by atoms with Gasteiger partial charge in [-0.15, -0.1) is 13.2 Å². The average Bonchev–Trinajstić information content (AvgIpc) is 2.34. The first-order valence-corrected chi connectivity index (χ1v) is 6.00. The van der Waals surface area contributed by atoms with E-state index in [1.807, 2.05) is 32.0 Å². The van der Waals surface area contributed by atoms with E-state index >= 15 is 0 Å². The molecule has 0 spiro atoms. The van der Waals surface area contributed by atoms with Gasteiger partial charge in [0.1, 0.15) is 5.75 Å². The number of nitrogens with two attached hydrogens (primary N) is 1. The Hall–Kier alpha value is -2.17. The van der Waals surface area contributed by atoms with Crippen LogP contribution in [0.3, 0.4) is 0 Å². The maximum atomic E-state index is 12.3. The smallest absolute Gasteiger partial charge is 0.406 e. The van der Waals surface area contributed by atoms with Gasteiger partial charge in [-0.1, -0.05) is 18.2 Å². The lowest BCUT2D eigenvalue weighted by Gasteiger charge is -2.14. The highest BCUT2D eigenvalue weighted by molar-refractivity contribution is 5.80. The molecule has 2 N–H and O–H groups in total. The van der Waals surface area contributed by atoms with Gasteiger partial charge in [-0.2, -0.15) is 0 Å². The third kappa shape index (κ3) is 3.04. The summed E-state index contributed by atoms with van der Waals surface area (Å²) >= 11 is 0. The Morgan fingerprint density at radius 1 is 1.00 bits per heavy atom. The molecule has 0 saturated carbocycles. The number of alkyl halides is 3. The van der Waals surface area contributed by atoms with E-state index in [2.05, 4.69) is 4.74 Å². The fourth-order valence-corrected chi connectivity index (χ4v) is 2.01. The Kier molecular flexibility index (Phi) is 3.61. The summed E-state index contributed by atoms with van der Waals surface area (Å²) in [7, 11) is 0. The molecule has 0 fully saturated rings. The van der Waals surface area contributed by atoms with Gasteiger partial charge in [0.25, 0.3) is 0 Å². The summed E-state index contributed by atoms with van der Waals surface area (Å²) in [5, 5.41) is 0. The highest BCUT2D eigenvalue weighted by Crippen LogP contribution is 2.34. The molecule has 0 unspecified atom stereocenters. The van der Waals surface area contributed by atoms with E-state index in [4.69, 9.17) is 5.73 Å². The van der Waals surface area contributed by atoms with E-state index in [1.54, 1.807) is 0 Å². The number of halogens is 3. The SMILES string of the molecule is Cc1cccc(-c2cc(OC(F)(F)F)ccc2N)c1C. The van der Waals surface area contributed by atoms with Crippen molar-refractivity contribution in [2.75, 3.05) is 5.73 Å². The molecule has 106 valence electrons. The van der Waals surface area contributed by atoms with Crippen LogP contribution in [0.4, 0.5) is 18.9 Å². The van der Waals surface area contributed by atoms with Gasteiger partial charge >= 0.3 is 6.36 Å². The van der Waals surface area contributed by atoms with Crippen LogP contribution in [0.2, 0.25) is 0 Å². The number of benzene rings is 2. The maximum Gasteiger partial charge on any atom is 0.573 e. The number of hydrogen-bond donors (Lipinski definition) is 1. The van der Waals surface area contributed by atoms with Crippen molar-refractivity contribution >= 4 is 5.69 Å². The van der Waals surface area contributed by atoms with Crippen LogP contribution >= 0.6 is 0 Å². The number of ether oxygens (including phenoxy) is 1. The fraction of sp³-hybridized carbons (Fsp3) is 0.200. The molecule has 2 rings (SSSR count). The van der Waals surface area contributed by atoms with Gasteiger partial charge in [0, 0.05) is 11.3 Å². The maximum absolute atomic E-state index is 12.3. The monoisotopic (exact) mass is 281 g/mol. The summed E-state index contributed by atoms with van der Waals surface area (Å²) in [5.74, 6) is -0.275. The minimum absolute atomic E-state index is 0.275. The normalized spacial score (nSPS) is 11.4. The van der Waals surface area contributed by atoms with E-state index < -0.39 is 6.36 Å². The van der Waals surface area contributed by atoms with Crippen LogP contribution in [-0.2, 0) is 0 Å². The van der Waals surface area contributed by atoms with Crippen LogP contribution in [0.25, 0.3) is 11.1 Å². The summed E-state index contributed by atoms with van der Waals surface area (Å²) < 4.78 is 40.7. The fourth-order valence-electron chi connectivity index (χ4n) is 2.01. The quantitative estimate of drug-likeness (QED) is 0.825. The largest absolute Gasteiger partial charge is 0.573 e. The zero-order chi connectivity index (χ0) is 14.9. The Morgan fingerprint density at radius 3 is 2.35 bits per heavy atom. The van der Waals surface area contributed by atoms with E-state index in [0.29, 0.717) is 11.3 Å². The van der Waals surface area contributed by atoms with Crippen molar-refractivity contribution in [3.63, 3.8) is 0 Å². The Labute approximate surface area is 115 Å². The molecule has 0 aliphatic carbocycles. The molecule has 0 bridgehead atoms. The van der Waals surface area contributed by atoms with Gasteiger partial charge in [-0.05, 0) is 48.7 Å². The van der Waals surface area contributed by atoms with Gasteiger partial charge in [0.15, 0.2) is 0 Å². The van der Waals surface area contributed by atoms with Crippen molar-refractivity contribution in [2.45, 2.75) is 20.2 Å². The molecule has 0 atom stereocenters. The molecule has 2 aromatic carbocycles. The van der Waals surface area contributed by atoms with Crippen molar-refractivity contribution in [3.05, 3.63) is 47.5 Å². The molecule has 5 heteroatoms.